The number of esters is 1. The van der Waals surface area contributed by atoms with Gasteiger partial charge in [0.25, 0.3) is 0 Å². The second-order valence-corrected chi connectivity index (χ2v) is 13.3. The van der Waals surface area contributed by atoms with Crippen molar-refractivity contribution in [3.8, 4) is 0 Å². The summed E-state index contributed by atoms with van der Waals surface area (Å²) < 4.78 is 12.2. The molecule has 0 unspecified atom stereocenters. The minimum absolute atomic E-state index is 0.0932. The molecule has 192 valence electrons. The van der Waals surface area contributed by atoms with Gasteiger partial charge >= 0.3 is 5.97 Å². The first-order valence-electron chi connectivity index (χ1n) is 14.4. The van der Waals surface area contributed by atoms with Gasteiger partial charge in [0.05, 0.1) is 24.9 Å². The minimum atomic E-state index is -0.122. The zero-order valence-electron chi connectivity index (χ0n) is 22.2. The number of carbonyl (C=O) groups is 1. The lowest BCUT2D eigenvalue weighted by Gasteiger charge is -2.58. The predicted octanol–water partition coefficient (Wildman–Crippen LogP) is 6.31. The molecule has 0 spiro atoms. The first-order chi connectivity index (χ1) is 16.2. The van der Waals surface area contributed by atoms with Gasteiger partial charge in [-0.25, -0.2) is 0 Å². The minimum Gasteiger partial charge on any atom is -0.465 e. The van der Waals surface area contributed by atoms with Gasteiger partial charge < -0.3 is 14.6 Å². The lowest BCUT2D eigenvalue weighted by molar-refractivity contribution is -0.144. The number of carbonyl (C=O) groups excluding carboxylic acids is 1. The first kappa shape index (κ1) is 24.8. The maximum absolute atomic E-state index is 11.5. The van der Waals surface area contributed by atoms with E-state index in [4.69, 9.17) is 9.47 Å². The van der Waals surface area contributed by atoms with E-state index in [2.05, 4.69) is 33.8 Å². The number of allylic oxidation sites excluding steroid dienone is 1. The molecule has 1 saturated heterocycles. The molecule has 5 aliphatic rings. The Morgan fingerprint density at radius 2 is 2.06 bits per heavy atom. The predicted molar refractivity (Wildman–Crippen MR) is 134 cm³/mol. The van der Waals surface area contributed by atoms with Crippen LogP contribution >= 0.6 is 0 Å². The van der Waals surface area contributed by atoms with Gasteiger partial charge in [0.2, 0.25) is 0 Å². The zero-order valence-corrected chi connectivity index (χ0v) is 22.2. The summed E-state index contributed by atoms with van der Waals surface area (Å²) in [5.41, 5.74) is 2.28. The van der Waals surface area contributed by atoms with Crippen LogP contribution in [0.4, 0.5) is 0 Å². The summed E-state index contributed by atoms with van der Waals surface area (Å²) in [4.78, 5) is 11.5. The van der Waals surface area contributed by atoms with Gasteiger partial charge in [0.1, 0.15) is 0 Å². The third-order valence-electron chi connectivity index (χ3n) is 11.4. The smallest absolute Gasteiger partial charge is 0.305 e. The summed E-state index contributed by atoms with van der Waals surface area (Å²) in [6.45, 7) is 12.2. The fraction of sp³-hybridized carbons (Fsp3) is 0.900. The van der Waals surface area contributed by atoms with Crippen molar-refractivity contribution in [2.75, 3.05) is 6.61 Å². The van der Waals surface area contributed by atoms with Gasteiger partial charge in [-0.2, -0.15) is 0 Å². The highest BCUT2D eigenvalue weighted by atomic mass is 16.5. The normalized spacial score (nSPS) is 48.2. The first-order valence-corrected chi connectivity index (χ1v) is 14.4. The molecule has 3 saturated carbocycles. The second kappa shape index (κ2) is 9.21. The van der Waals surface area contributed by atoms with Gasteiger partial charge in [0, 0.05) is 6.42 Å². The van der Waals surface area contributed by atoms with Crippen molar-refractivity contribution in [1.82, 2.24) is 0 Å². The van der Waals surface area contributed by atoms with E-state index in [-0.39, 0.29) is 12.1 Å². The number of aliphatic hydroxyl groups excluding tert-OH is 1. The molecule has 0 aromatic carbocycles. The van der Waals surface area contributed by atoms with E-state index in [9.17, 15) is 9.90 Å². The molecule has 0 amide bonds. The van der Waals surface area contributed by atoms with Crippen LogP contribution in [-0.4, -0.2) is 36.0 Å². The number of fused-ring (bicyclic) bond motifs is 7. The average Bonchev–Trinajstić information content (AvgIpc) is 3.29. The molecule has 0 aromatic heterocycles. The van der Waals surface area contributed by atoms with E-state index in [1.54, 1.807) is 5.57 Å². The number of hydrogen-bond donors (Lipinski definition) is 1. The topological polar surface area (TPSA) is 55.8 Å². The van der Waals surface area contributed by atoms with Gasteiger partial charge in [-0.15, -0.1) is 0 Å². The highest BCUT2D eigenvalue weighted by Crippen LogP contribution is 2.69. The number of aliphatic hydroxyl groups is 1. The number of hydrogen-bond acceptors (Lipinski definition) is 4. The lowest BCUT2D eigenvalue weighted by Crippen LogP contribution is -2.51. The molecule has 0 aromatic rings. The highest BCUT2D eigenvalue weighted by Gasteiger charge is 2.64. The number of ether oxygens (including phenoxy) is 2. The fourth-order valence-corrected chi connectivity index (χ4v) is 9.53. The van der Waals surface area contributed by atoms with E-state index in [0.717, 1.165) is 49.9 Å². The van der Waals surface area contributed by atoms with E-state index >= 15 is 0 Å². The Labute approximate surface area is 207 Å². The third-order valence-corrected chi connectivity index (χ3v) is 11.4. The lowest BCUT2D eigenvalue weighted by atomic mass is 9.47. The standard InChI is InChI=1S/C30H48O4/c1-6-27(32)33-17-18(2)7-10-25-19(3)28-26(34-25)16-24-22-9-8-20-15-21(31)11-13-29(20,4)23(22)12-14-30(24,28)5/h8,18-19,21-26,28,31H,6-7,9-17H2,1-5H3/t18-,19-,21+,22-,23+,24+,25-,26+,28+,29+,30+/m1/s1. The summed E-state index contributed by atoms with van der Waals surface area (Å²) in [6, 6.07) is 0. The molecule has 11 atom stereocenters. The van der Waals surface area contributed by atoms with Crippen LogP contribution in [0.1, 0.15) is 98.8 Å². The van der Waals surface area contributed by atoms with Gasteiger partial charge in [0.15, 0.2) is 0 Å². The summed E-state index contributed by atoms with van der Waals surface area (Å²) in [5.74, 6) is 3.94. The van der Waals surface area contributed by atoms with Crippen molar-refractivity contribution in [3.63, 3.8) is 0 Å². The Hall–Kier alpha value is -0.870. The molecule has 0 bridgehead atoms. The van der Waals surface area contributed by atoms with E-state index in [0.29, 0.717) is 53.8 Å². The van der Waals surface area contributed by atoms with Gasteiger partial charge in [-0.1, -0.05) is 46.3 Å². The van der Waals surface area contributed by atoms with Crippen molar-refractivity contribution in [3.05, 3.63) is 11.6 Å². The van der Waals surface area contributed by atoms with Crippen LogP contribution in [0.25, 0.3) is 0 Å². The summed E-state index contributed by atoms with van der Waals surface area (Å²) in [5, 5.41) is 10.3. The quantitative estimate of drug-likeness (QED) is 0.364. The fourth-order valence-electron chi connectivity index (χ4n) is 9.53. The van der Waals surface area contributed by atoms with Crippen LogP contribution in [-0.2, 0) is 14.3 Å². The van der Waals surface area contributed by atoms with E-state index in [1.165, 1.54) is 25.7 Å². The maximum atomic E-state index is 11.5. The summed E-state index contributed by atoms with van der Waals surface area (Å²) in [7, 11) is 0. The third kappa shape index (κ3) is 3.99. The van der Waals surface area contributed by atoms with Crippen molar-refractivity contribution in [2.45, 2.75) is 117 Å². The molecule has 4 fully saturated rings. The molecule has 1 N–H and O–H groups in total. The Balaban J connectivity index is 1.24. The monoisotopic (exact) mass is 472 g/mol. The molecule has 4 nitrogen and oxygen atoms in total. The van der Waals surface area contributed by atoms with Crippen molar-refractivity contribution in [2.24, 2.45) is 46.3 Å². The molecule has 1 heterocycles. The van der Waals surface area contributed by atoms with Gasteiger partial charge in [-0.3, -0.25) is 4.79 Å². The number of rotatable bonds is 6. The molecule has 5 rings (SSSR count). The summed E-state index contributed by atoms with van der Waals surface area (Å²) >= 11 is 0. The molecule has 0 radical (unpaired) electrons. The second-order valence-electron chi connectivity index (χ2n) is 13.3. The Morgan fingerprint density at radius 3 is 2.82 bits per heavy atom. The molecular formula is C30H48O4. The average molecular weight is 473 g/mol. The zero-order chi connectivity index (χ0) is 24.3. The molecule has 4 aliphatic carbocycles. The van der Waals surface area contributed by atoms with Crippen molar-refractivity contribution < 1.29 is 19.4 Å². The van der Waals surface area contributed by atoms with Crippen LogP contribution < -0.4 is 0 Å². The Bertz CT molecular complexity index is 806. The largest absolute Gasteiger partial charge is 0.465 e. The molecular weight excluding hydrogens is 424 g/mol. The van der Waals surface area contributed by atoms with Crippen molar-refractivity contribution >= 4 is 5.97 Å². The van der Waals surface area contributed by atoms with Crippen LogP contribution in [0, 0.1) is 46.3 Å². The highest BCUT2D eigenvalue weighted by molar-refractivity contribution is 5.68. The van der Waals surface area contributed by atoms with E-state index < -0.39 is 0 Å². The van der Waals surface area contributed by atoms with E-state index in [1.807, 2.05) is 6.92 Å². The van der Waals surface area contributed by atoms with Crippen LogP contribution in [0.15, 0.2) is 11.6 Å². The Morgan fingerprint density at radius 1 is 1.26 bits per heavy atom. The van der Waals surface area contributed by atoms with Crippen LogP contribution in [0.2, 0.25) is 0 Å². The van der Waals surface area contributed by atoms with Gasteiger partial charge in [-0.05, 0) is 104 Å². The SMILES string of the molecule is CCC(=O)OC[C@H](C)CC[C@H]1O[C@H]2C[C@H]3[C@@H]4CC=C5C[C@@H](O)CC[C@]5(C)[C@H]4CC[C@]3(C)[C@H]2[C@@H]1C. The Kier molecular flexibility index (Phi) is 6.72. The van der Waals surface area contributed by atoms with Crippen LogP contribution in [0.5, 0.6) is 0 Å². The summed E-state index contributed by atoms with van der Waals surface area (Å²) in [6.07, 6.45) is 14.0. The molecule has 4 heteroatoms. The maximum Gasteiger partial charge on any atom is 0.305 e. The molecule has 34 heavy (non-hydrogen) atoms. The van der Waals surface area contributed by atoms with Crippen LogP contribution in [0.3, 0.4) is 0 Å². The van der Waals surface area contributed by atoms with Crippen molar-refractivity contribution in [1.29, 1.82) is 0 Å². The molecule has 1 aliphatic heterocycles.